The molecule has 9 heteroatoms. The molecule has 2 aromatic carbocycles. The lowest BCUT2D eigenvalue weighted by atomic mass is 10.0. The molecule has 0 bridgehead atoms. The predicted molar refractivity (Wildman–Crippen MR) is 95.2 cm³/mol. The van der Waals surface area contributed by atoms with Crippen LogP contribution in [0.15, 0.2) is 42.5 Å². The third kappa shape index (κ3) is 4.66. The summed E-state index contributed by atoms with van der Waals surface area (Å²) >= 11 is 0. The number of nitro benzene ring substituents is 1. The summed E-state index contributed by atoms with van der Waals surface area (Å²) in [7, 11) is 2.69. The second kappa shape index (κ2) is 8.56. The van der Waals surface area contributed by atoms with Gasteiger partial charge in [-0.2, -0.15) is 0 Å². The summed E-state index contributed by atoms with van der Waals surface area (Å²) in [6, 6.07) is 9.86. The summed E-state index contributed by atoms with van der Waals surface area (Å²) in [5.41, 5.74) is -0.160. The van der Waals surface area contributed by atoms with E-state index in [4.69, 9.17) is 9.47 Å². The Bertz CT molecular complexity index is 908. The van der Waals surface area contributed by atoms with Gasteiger partial charge < -0.3 is 14.8 Å². The van der Waals surface area contributed by atoms with E-state index in [1.807, 2.05) is 0 Å². The highest BCUT2D eigenvalue weighted by Crippen LogP contribution is 2.29. The number of ketones is 2. The fraction of sp³-hybridized carbons (Fsp3) is 0.167. The molecule has 0 atom stereocenters. The monoisotopic (exact) mass is 372 g/mol. The molecule has 140 valence electrons. The number of carbonyl (C=O) groups excluding carboxylic acids is 3. The van der Waals surface area contributed by atoms with Crippen molar-refractivity contribution in [2.75, 3.05) is 19.5 Å². The molecular formula is C18H16N2O7. The average Bonchev–Trinajstić information content (AvgIpc) is 2.67. The highest BCUT2D eigenvalue weighted by atomic mass is 16.6. The van der Waals surface area contributed by atoms with Crippen molar-refractivity contribution in [3.63, 3.8) is 0 Å². The van der Waals surface area contributed by atoms with Gasteiger partial charge in [-0.25, -0.2) is 0 Å². The molecule has 0 saturated heterocycles. The number of amides is 1. The largest absolute Gasteiger partial charge is 0.496 e. The minimum absolute atomic E-state index is 0.0465. The number of hydrogen-bond acceptors (Lipinski definition) is 7. The van der Waals surface area contributed by atoms with Gasteiger partial charge in [0, 0.05) is 12.1 Å². The van der Waals surface area contributed by atoms with Crippen LogP contribution in [-0.4, -0.2) is 36.6 Å². The Morgan fingerprint density at radius 1 is 1.04 bits per heavy atom. The molecule has 2 aromatic rings. The number of carbonyl (C=O) groups is 3. The number of benzene rings is 2. The summed E-state index contributed by atoms with van der Waals surface area (Å²) in [5, 5.41) is 13.1. The molecule has 0 heterocycles. The number of Topliss-reactive ketones (excluding diaryl/α,β-unsaturated/α-hetero) is 2. The van der Waals surface area contributed by atoms with Gasteiger partial charge in [0.2, 0.25) is 5.78 Å². The molecule has 2 rings (SSSR count). The lowest BCUT2D eigenvalue weighted by Gasteiger charge is -2.10. The zero-order valence-corrected chi connectivity index (χ0v) is 14.6. The van der Waals surface area contributed by atoms with Crippen LogP contribution in [0.2, 0.25) is 0 Å². The number of anilines is 1. The van der Waals surface area contributed by atoms with E-state index in [-0.39, 0.29) is 28.4 Å². The zero-order chi connectivity index (χ0) is 20.0. The highest BCUT2D eigenvalue weighted by molar-refractivity contribution is 6.44. The number of ether oxygens (including phenoxy) is 2. The van der Waals surface area contributed by atoms with Gasteiger partial charge in [0.15, 0.2) is 5.78 Å². The van der Waals surface area contributed by atoms with Crippen molar-refractivity contribution < 1.29 is 28.8 Å². The fourth-order valence-electron chi connectivity index (χ4n) is 2.30. The molecule has 0 aromatic heterocycles. The second-order valence-corrected chi connectivity index (χ2v) is 5.32. The number of rotatable bonds is 8. The first-order valence-electron chi connectivity index (χ1n) is 7.70. The van der Waals surface area contributed by atoms with Crippen LogP contribution in [0.4, 0.5) is 11.4 Å². The normalized spacial score (nSPS) is 10.0. The first-order chi connectivity index (χ1) is 12.9. The number of nitrogens with zero attached hydrogens (tertiary/aromatic N) is 1. The standard InChI is InChI=1S/C18H16N2O7/c1-26-16-6-4-3-5-12(16)14(21)10-15(22)18(23)19-13-9-11(20(24)25)7-8-17(13)27-2/h3-9H,10H2,1-2H3,(H,19,23). The highest BCUT2D eigenvalue weighted by Gasteiger charge is 2.23. The van der Waals surface area contributed by atoms with Crippen LogP contribution in [0.1, 0.15) is 16.8 Å². The molecule has 1 N–H and O–H groups in total. The molecule has 27 heavy (non-hydrogen) atoms. The first kappa shape index (κ1) is 19.6. The van der Waals surface area contributed by atoms with E-state index in [2.05, 4.69) is 5.32 Å². The van der Waals surface area contributed by atoms with Crippen LogP contribution in [-0.2, 0) is 9.59 Å². The number of para-hydroxylation sites is 1. The molecule has 0 aliphatic rings. The molecule has 0 unspecified atom stereocenters. The Hall–Kier alpha value is -3.75. The van der Waals surface area contributed by atoms with Crippen molar-refractivity contribution in [3.8, 4) is 11.5 Å². The van der Waals surface area contributed by atoms with Crippen LogP contribution in [0, 0.1) is 10.1 Å². The maximum absolute atomic E-state index is 12.3. The van der Waals surface area contributed by atoms with Gasteiger partial charge in [-0.05, 0) is 18.2 Å². The fourth-order valence-corrected chi connectivity index (χ4v) is 2.30. The van der Waals surface area contributed by atoms with Gasteiger partial charge in [0.05, 0.1) is 36.8 Å². The van der Waals surface area contributed by atoms with Gasteiger partial charge in [-0.1, -0.05) is 12.1 Å². The predicted octanol–water partition coefficient (Wildman–Crippen LogP) is 2.39. The molecule has 0 aliphatic heterocycles. The smallest absolute Gasteiger partial charge is 0.292 e. The van der Waals surface area contributed by atoms with Crippen molar-refractivity contribution in [3.05, 3.63) is 58.1 Å². The van der Waals surface area contributed by atoms with E-state index in [1.165, 1.54) is 32.4 Å². The van der Waals surface area contributed by atoms with Gasteiger partial charge in [-0.3, -0.25) is 24.5 Å². The molecule has 0 fully saturated rings. The van der Waals surface area contributed by atoms with E-state index < -0.39 is 28.8 Å². The molecule has 0 spiro atoms. The van der Waals surface area contributed by atoms with Crippen molar-refractivity contribution in [2.45, 2.75) is 6.42 Å². The van der Waals surface area contributed by atoms with E-state index >= 15 is 0 Å². The molecule has 9 nitrogen and oxygen atoms in total. The van der Waals surface area contributed by atoms with Crippen molar-refractivity contribution in [2.24, 2.45) is 0 Å². The van der Waals surface area contributed by atoms with Crippen LogP contribution in [0.3, 0.4) is 0 Å². The number of nitro groups is 1. The average molecular weight is 372 g/mol. The summed E-state index contributed by atoms with van der Waals surface area (Å²) in [6.45, 7) is 0. The maximum atomic E-state index is 12.3. The Morgan fingerprint density at radius 3 is 2.33 bits per heavy atom. The van der Waals surface area contributed by atoms with E-state index in [0.717, 1.165) is 6.07 Å². The van der Waals surface area contributed by atoms with Gasteiger partial charge >= 0.3 is 0 Å². The SMILES string of the molecule is COc1ccc([N+](=O)[O-])cc1NC(=O)C(=O)CC(=O)c1ccccc1OC. The van der Waals surface area contributed by atoms with Gasteiger partial charge in [-0.15, -0.1) is 0 Å². The van der Waals surface area contributed by atoms with E-state index in [9.17, 15) is 24.5 Å². The van der Waals surface area contributed by atoms with Crippen LogP contribution in [0.5, 0.6) is 11.5 Å². The molecular weight excluding hydrogens is 356 g/mol. The minimum atomic E-state index is -1.09. The third-order valence-corrected chi connectivity index (χ3v) is 3.62. The quantitative estimate of drug-likeness (QED) is 0.248. The number of non-ortho nitro benzene ring substituents is 1. The van der Waals surface area contributed by atoms with Gasteiger partial charge in [0.1, 0.15) is 11.5 Å². The Labute approximate surface area is 154 Å². The van der Waals surface area contributed by atoms with Crippen molar-refractivity contribution in [1.82, 2.24) is 0 Å². The molecule has 0 saturated carbocycles. The summed E-state index contributed by atoms with van der Waals surface area (Å²) < 4.78 is 10.1. The maximum Gasteiger partial charge on any atom is 0.292 e. The number of nitrogens with one attached hydrogen (secondary N) is 1. The lowest BCUT2D eigenvalue weighted by molar-refractivity contribution is -0.384. The first-order valence-corrected chi connectivity index (χ1v) is 7.70. The topological polar surface area (TPSA) is 125 Å². The Kier molecular flexibility index (Phi) is 6.21. The van der Waals surface area contributed by atoms with E-state index in [0.29, 0.717) is 0 Å². The van der Waals surface area contributed by atoms with Crippen molar-refractivity contribution >= 4 is 28.8 Å². The van der Waals surface area contributed by atoms with E-state index in [1.54, 1.807) is 18.2 Å². The zero-order valence-electron chi connectivity index (χ0n) is 14.6. The van der Waals surface area contributed by atoms with Crippen LogP contribution < -0.4 is 14.8 Å². The molecule has 0 radical (unpaired) electrons. The third-order valence-electron chi connectivity index (χ3n) is 3.62. The molecule has 1 amide bonds. The summed E-state index contributed by atoms with van der Waals surface area (Å²) in [4.78, 5) is 46.7. The minimum Gasteiger partial charge on any atom is -0.496 e. The Morgan fingerprint density at radius 2 is 1.70 bits per heavy atom. The van der Waals surface area contributed by atoms with Crippen LogP contribution >= 0.6 is 0 Å². The van der Waals surface area contributed by atoms with Crippen LogP contribution in [0.25, 0.3) is 0 Å². The number of hydrogen-bond donors (Lipinski definition) is 1. The second-order valence-electron chi connectivity index (χ2n) is 5.32. The van der Waals surface area contributed by atoms with Gasteiger partial charge in [0.25, 0.3) is 11.6 Å². The summed E-state index contributed by atoms with van der Waals surface area (Å²) in [5.74, 6) is -2.25. The van der Waals surface area contributed by atoms with Crippen molar-refractivity contribution in [1.29, 1.82) is 0 Å². The lowest BCUT2D eigenvalue weighted by Crippen LogP contribution is -2.25. The summed E-state index contributed by atoms with van der Waals surface area (Å²) in [6.07, 6.45) is -0.677. The Balaban J connectivity index is 2.14. The number of methoxy groups -OCH3 is 2. The molecule has 0 aliphatic carbocycles.